The molecule has 2 N–H and O–H groups in total. The summed E-state index contributed by atoms with van der Waals surface area (Å²) in [5.74, 6) is 0.205. The second kappa shape index (κ2) is 8.16. The molecule has 0 aliphatic rings. The third-order valence-electron chi connectivity index (χ3n) is 3.66. The van der Waals surface area contributed by atoms with Gasteiger partial charge in [0.2, 0.25) is 0 Å². The van der Waals surface area contributed by atoms with E-state index in [1.165, 1.54) is 0 Å². The Morgan fingerprint density at radius 3 is 2.00 bits per heavy atom. The predicted molar refractivity (Wildman–Crippen MR) is 88.9 cm³/mol. The van der Waals surface area contributed by atoms with Crippen molar-refractivity contribution in [3.63, 3.8) is 0 Å². The van der Waals surface area contributed by atoms with Crippen LogP contribution in [0.15, 0.2) is 0 Å². The van der Waals surface area contributed by atoms with Gasteiger partial charge in [-0.2, -0.15) is 0 Å². The minimum Gasteiger partial charge on any atom is -0.444 e. The molecule has 0 aliphatic heterocycles. The number of nitrogens with one attached hydrogen (secondary N) is 1. The Balaban J connectivity index is 4.66. The number of carbonyl (C=O) groups is 1. The molecule has 0 aromatic carbocycles. The van der Waals surface area contributed by atoms with Gasteiger partial charge in [0.05, 0.1) is 12.2 Å². The van der Waals surface area contributed by atoms with E-state index in [0.717, 1.165) is 0 Å². The number of aliphatic hydroxyl groups is 1. The second-order valence-electron chi connectivity index (χ2n) is 8.24. The topological polar surface area (TPSA) is 67.8 Å². The van der Waals surface area contributed by atoms with Crippen molar-refractivity contribution in [3.05, 3.63) is 0 Å². The molecule has 132 valence electrons. The minimum absolute atomic E-state index is 0.00598. The zero-order valence-corrected chi connectivity index (χ0v) is 15.6. The van der Waals surface area contributed by atoms with E-state index in [0.29, 0.717) is 19.6 Å². The Hall–Kier alpha value is -0.810. The van der Waals surface area contributed by atoms with Gasteiger partial charge < -0.3 is 19.9 Å². The van der Waals surface area contributed by atoms with Crippen molar-refractivity contribution in [3.8, 4) is 0 Å². The highest BCUT2D eigenvalue weighted by Gasteiger charge is 2.34. The monoisotopic (exact) mass is 317 g/mol. The maximum Gasteiger partial charge on any atom is 0.407 e. The summed E-state index contributed by atoms with van der Waals surface area (Å²) in [6, 6.07) is 0. The van der Waals surface area contributed by atoms with Crippen LogP contribution in [0.5, 0.6) is 0 Å². The normalized spacial score (nSPS) is 15.5. The molecule has 0 aromatic rings. The molecule has 0 radical (unpaired) electrons. The van der Waals surface area contributed by atoms with Gasteiger partial charge in [-0.1, -0.05) is 13.8 Å². The third-order valence-corrected chi connectivity index (χ3v) is 3.66. The summed E-state index contributed by atoms with van der Waals surface area (Å²) >= 11 is 0. The molecule has 0 bridgehead atoms. The highest BCUT2D eigenvalue weighted by Crippen LogP contribution is 2.31. The number of aliphatic hydroxyl groups excluding tert-OH is 1. The first-order chi connectivity index (χ1) is 9.81. The highest BCUT2D eigenvalue weighted by atomic mass is 16.6. The van der Waals surface area contributed by atoms with Gasteiger partial charge in [-0.05, 0) is 53.9 Å². The number of amides is 1. The summed E-state index contributed by atoms with van der Waals surface area (Å²) in [4.78, 5) is 11.8. The molecule has 0 fully saturated rings. The fourth-order valence-electron chi connectivity index (χ4n) is 2.02. The number of alkyl carbamates (subject to hydrolysis) is 1. The SMILES string of the molecule is CC(C)C(CO)(CCOC(C)(C)C)CNC(=O)OC(C)(C)C. The van der Waals surface area contributed by atoms with E-state index in [4.69, 9.17) is 9.47 Å². The van der Waals surface area contributed by atoms with Crippen molar-refractivity contribution in [2.24, 2.45) is 11.3 Å². The molecule has 0 aromatic heterocycles. The summed E-state index contributed by atoms with van der Waals surface area (Å²) in [5.41, 5.74) is -1.15. The lowest BCUT2D eigenvalue weighted by molar-refractivity contribution is -0.0373. The maximum absolute atomic E-state index is 11.8. The van der Waals surface area contributed by atoms with Gasteiger partial charge in [-0.3, -0.25) is 0 Å². The van der Waals surface area contributed by atoms with Gasteiger partial charge in [-0.25, -0.2) is 4.79 Å². The molecule has 0 saturated heterocycles. The number of hydrogen-bond acceptors (Lipinski definition) is 4. The van der Waals surface area contributed by atoms with E-state index >= 15 is 0 Å². The van der Waals surface area contributed by atoms with Crippen molar-refractivity contribution in [2.45, 2.75) is 73.0 Å². The van der Waals surface area contributed by atoms with Crippen LogP contribution in [0.1, 0.15) is 61.8 Å². The van der Waals surface area contributed by atoms with Crippen molar-refractivity contribution in [1.29, 1.82) is 0 Å². The van der Waals surface area contributed by atoms with Crippen LogP contribution >= 0.6 is 0 Å². The second-order valence-corrected chi connectivity index (χ2v) is 8.24. The molecule has 5 heteroatoms. The summed E-state index contributed by atoms with van der Waals surface area (Å²) in [5, 5.41) is 12.7. The summed E-state index contributed by atoms with van der Waals surface area (Å²) in [7, 11) is 0. The molecule has 1 atom stereocenters. The first kappa shape index (κ1) is 21.2. The minimum atomic E-state index is -0.529. The Labute approximate surface area is 135 Å². The molecule has 1 amide bonds. The van der Waals surface area contributed by atoms with Gasteiger partial charge in [0.25, 0.3) is 0 Å². The first-order valence-electron chi connectivity index (χ1n) is 8.03. The van der Waals surface area contributed by atoms with E-state index in [2.05, 4.69) is 5.32 Å². The average molecular weight is 317 g/mol. The van der Waals surface area contributed by atoms with Crippen molar-refractivity contribution < 1.29 is 19.4 Å². The molecule has 1 unspecified atom stereocenters. The van der Waals surface area contributed by atoms with Crippen LogP contribution in [0.2, 0.25) is 0 Å². The van der Waals surface area contributed by atoms with Gasteiger partial charge >= 0.3 is 6.09 Å². The van der Waals surface area contributed by atoms with Crippen LogP contribution < -0.4 is 5.32 Å². The van der Waals surface area contributed by atoms with E-state index in [-0.39, 0.29) is 18.1 Å². The van der Waals surface area contributed by atoms with Crippen molar-refractivity contribution >= 4 is 6.09 Å². The predicted octanol–water partition coefficient (Wildman–Crippen LogP) is 3.35. The largest absolute Gasteiger partial charge is 0.444 e. The number of hydrogen-bond donors (Lipinski definition) is 2. The smallest absolute Gasteiger partial charge is 0.407 e. The van der Waals surface area contributed by atoms with E-state index in [1.54, 1.807) is 0 Å². The zero-order chi connectivity index (χ0) is 17.6. The Kier molecular flexibility index (Phi) is 7.86. The van der Waals surface area contributed by atoms with E-state index in [9.17, 15) is 9.90 Å². The van der Waals surface area contributed by atoms with Crippen molar-refractivity contribution in [2.75, 3.05) is 19.8 Å². The summed E-state index contributed by atoms with van der Waals surface area (Å²) < 4.78 is 11.0. The lowest BCUT2D eigenvalue weighted by Gasteiger charge is -2.37. The summed E-state index contributed by atoms with van der Waals surface area (Å²) in [6.07, 6.45) is 0.219. The van der Waals surface area contributed by atoms with Crippen LogP contribution in [-0.2, 0) is 9.47 Å². The standard InChI is InChI=1S/C17H35NO4/c1-13(2)17(12-19,9-10-21-15(3,4)5)11-18-14(20)22-16(6,7)8/h13,19H,9-12H2,1-8H3,(H,18,20). The zero-order valence-electron chi connectivity index (χ0n) is 15.6. The third kappa shape index (κ3) is 8.59. The lowest BCUT2D eigenvalue weighted by Crippen LogP contribution is -2.46. The quantitative estimate of drug-likeness (QED) is 0.755. The fourth-order valence-corrected chi connectivity index (χ4v) is 2.02. The molecule has 0 rings (SSSR count). The molecule has 0 heterocycles. The van der Waals surface area contributed by atoms with Crippen molar-refractivity contribution in [1.82, 2.24) is 5.32 Å². The average Bonchev–Trinajstić information content (AvgIpc) is 2.29. The van der Waals surface area contributed by atoms with Crippen LogP contribution in [0.3, 0.4) is 0 Å². The molecule has 0 spiro atoms. The lowest BCUT2D eigenvalue weighted by atomic mass is 9.75. The molecular weight excluding hydrogens is 282 g/mol. The molecule has 0 saturated carbocycles. The van der Waals surface area contributed by atoms with Gasteiger partial charge in [0.1, 0.15) is 5.60 Å². The Bertz CT molecular complexity index is 342. The fraction of sp³-hybridized carbons (Fsp3) is 0.941. The van der Waals surface area contributed by atoms with E-state index in [1.807, 2.05) is 55.4 Å². The number of rotatable bonds is 7. The molecule has 5 nitrogen and oxygen atoms in total. The van der Waals surface area contributed by atoms with Crippen LogP contribution in [-0.4, -0.2) is 42.2 Å². The van der Waals surface area contributed by atoms with Crippen LogP contribution in [0.4, 0.5) is 4.79 Å². The molecule has 22 heavy (non-hydrogen) atoms. The highest BCUT2D eigenvalue weighted by molar-refractivity contribution is 5.67. The van der Waals surface area contributed by atoms with Gasteiger partial charge in [-0.15, -0.1) is 0 Å². The van der Waals surface area contributed by atoms with Gasteiger partial charge in [0.15, 0.2) is 0 Å². The number of carbonyl (C=O) groups excluding carboxylic acids is 1. The Morgan fingerprint density at radius 1 is 1.09 bits per heavy atom. The first-order valence-corrected chi connectivity index (χ1v) is 8.03. The molecule has 0 aliphatic carbocycles. The molecular formula is C17H35NO4. The van der Waals surface area contributed by atoms with Crippen LogP contribution in [0.25, 0.3) is 0 Å². The Morgan fingerprint density at radius 2 is 1.64 bits per heavy atom. The van der Waals surface area contributed by atoms with Crippen LogP contribution in [0, 0.1) is 11.3 Å². The number of ether oxygens (including phenoxy) is 2. The van der Waals surface area contributed by atoms with Gasteiger partial charge in [0, 0.05) is 18.6 Å². The summed E-state index contributed by atoms with van der Waals surface area (Å²) in [6.45, 7) is 16.5. The maximum atomic E-state index is 11.8. The van der Waals surface area contributed by atoms with E-state index < -0.39 is 17.1 Å².